The van der Waals surface area contributed by atoms with E-state index in [1.807, 2.05) is 28.5 Å². The van der Waals surface area contributed by atoms with E-state index in [-0.39, 0.29) is 11.8 Å². The van der Waals surface area contributed by atoms with Gasteiger partial charge in [0, 0.05) is 30.9 Å². The summed E-state index contributed by atoms with van der Waals surface area (Å²) in [5.74, 6) is 0.290. The molecular weight excluding hydrogens is 372 g/mol. The first-order valence-corrected chi connectivity index (χ1v) is 10.8. The molecule has 25 heavy (non-hydrogen) atoms. The van der Waals surface area contributed by atoms with Crippen molar-refractivity contribution in [2.24, 2.45) is 0 Å². The van der Waals surface area contributed by atoms with Crippen LogP contribution in [0.1, 0.15) is 43.4 Å². The Morgan fingerprint density at radius 1 is 1.24 bits per heavy atom. The van der Waals surface area contributed by atoms with Crippen LogP contribution < -0.4 is 0 Å². The van der Waals surface area contributed by atoms with Gasteiger partial charge in [-0.1, -0.05) is 36.5 Å². The molecule has 2 saturated heterocycles. The highest BCUT2D eigenvalue weighted by atomic mass is 32.2. The summed E-state index contributed by atoms with van der Waals surface area (Å²) < 4.78 is 0.640. The van der Waals surface area contributed by atoms with Crippen molar-refractivity contribution in [1.29, 1.82) is 0 Å². The summed E-state index contributed by atoms with van der Waals surface area (Å²) in [6.45, 7) is 2.49. The Morgan fingerprint density at radius 3 is 2.76 bits per heavy atom. The second-order valence-corrected chi connectivity index (χ2v) is 8.90. The number of carbonyl (C=O) groups is 2. The number of thiocarbonyl (C=S) groups is 1. The number of hydrogen-bond donors (Lipinski definition) is 0. The van der Waals surface area contributed by atoms with Gasteiger partial charge in [0.25, 0.3) is 5.91 Å². The van der Waals surface area contributed by atoms with E-state index in [0.29, 0.717) is 22.2 Å². The molecule has 1 aromatic rings. The molecule has 3 heterocycles. The van der Waals surface area contributed by atoms with E-state index in [0.717, 1.165) is 50.1 Å². The molecule has 134 valence electrons. The Labute approximate surface area is 162 Å². The fourth-order valence-corrected chi connectivity index (χ4v) is 5.07. The van der Waals surface area contributed by atoms with Crippen LogP contribution in [0.2, 0.25) is 0 Å². The molecule has 0 N–H and O–H groups in total. The van der Waals surface area contributed by atoms with Crippen LogP contribution >= 0.6 is 35.3 Å². The van der Waals surface area contributed by atoms with Crippen LogP contribution in [0, 0.1) is 0 Å². The lowest BCUT2D eigenvalue weighted by Crippen LogP contribution is -2.29. The Balaban J connectivity index is 1.40. The van der Waals surface area contributed by atoms with Crippen LogP contribution in [0.4, 0.5) is 0 Å². The van der Waals surface area contributed by atoms with Gasteiger partial charge in [0.15, 0.2) is 0 Å². The third-order valence-corrected chi connectivity index (χ3v) is 6.62. The van der Waals surface area contributed by atoms with Gasteiger partial charge in [-0.3, -0.25) is 14.5 Å². The van der Waals surface area contributed by atoms with Gasteiger partial charge in [-0.15, -0.1) is 11.3 Å². The van der Waals surface area contributed by atoms with E-state index >= 15 is 0 Å². The van der Waals surface area contributed by atoms with Gasteiger partial charge in [0.1, 0.15) is 4.32 Å². The van der Waals surface area contributed by atoms with Crippen LogP contribution in [-0.2, 0) is 9.59 Å². The van der Waals surface area contributed by atoms with Gasteiger partial charge in [0.05, 0.1) is 4.91 Å². The molecule has 3 rings (SSSR count). The molecule has 0 aromatic carbocycles. The van der Waals surface area contributed by atoms with Gasteiger partial charge < -0.3 is 4.90 Å². The molecule has 0 saturated carbocycles. The van der Waals surface area contributed by atoms with E-state index < -0.39 is 0 Å². The summed E-state index contributed by atoms with van der Waals surface area (Å²) in [5, 5.41) is 2.00. The minimum absolute atomic E-state index is 0.0107. The average molecular weight is 395 g/mol. The smallest absolute Gasteiger partial charge is 0.266 e. The Bertz CT molecular complexity index is 664. The van der Waals surface area contributed by atoms with Crippen molar-refractivity contribution >= 4 is 57.5 Å². The molecule has 4 nitrogen and oxygen atoms in total. The largest absolute Gasteiger partial charge is 0.343 e. The maximum atomic E-state index is 12.5. The van der Waals surface area contributed by atoms with E-state index in [1.165, 1.54) is 11.8 Å². The SMILES string of the molecule is O=C(CCCCCN1C(=O)C(=Cc2cccs2)SC1=S)N1CCCC1. The van der Waals surface area contributed by atoms with E-state index in [4.69, 9.17) is 12.2 Å². The Morgan fingerprint density at radius 2 is 2.04 bits per heavy atom. The maximum Gasteiger partial charge on any atom is 0.266 e. The molecule has 0 radical (unpaired) electrons. The fraction of sp³-hybridized carbons (Fsp3) is 0.500. The molecule has 2 aliphatic rings. The lowest BCUT2D eigenvalue weighted by molar-refractivity contribution is -0.130. The zero-order valence-corrected chi connectivity index (χ0v) is 16.6. The topological polar surface area (TPSA) is 40.6 Å². The molecule has 1 aromatic heterocycles. The lowest BCUT2D eigenvalue weighted by atomic mass is 10.1. The normalized spacial score (nSPS) is 19.4. The number of carbonyl (C=O) groups excluding carboxylic acids is 2. The number of thioether (sulfide) groups is 1. The molecule has 2 fully saturated rings. The minimum Gasteiger partial charge on any atom is -0.343 e. The molecule has 2 aliphatic heterocycles. The molecule has 0 aliphatic carbocycles. The number of unbranched alkanes of at least 4 members (excludes halogenated alkanes) is 2. The maximum absolute atomic E-state index is 12.5. The monoisotopic (exact) mass is 394 g/mol. The highest BCUT2D eigenvalue weighted by Crippen LogP contribution is 2.33. The predicted molar refractivity (Wildman–Crippen MR) is 108 cm³/mol. The summed E-state index contributed by atoms with van der Waals surface area (Å²) in [6, 6.07) is 3.97. The third-order valence-electron chi connectivity index (χ3n) is 4.42. The molecule has 0 atom stereocenters. The van der Waals surface area contributed by atoms with Gasteiger partial charge >= 0.3 is 0 Å². The van der Waals surface area contributed by atoms with Crippen molar-refractivity contribution in [2.45, 2.75) is 38.5 Å². The first kappa shape index (κ1) is 18.6. The van der Waals surface area contributed by atoms with E-state index in [2.05, 4.69) is 0 Å². The van der Waals surface area contributed by atoms with Gasteiger partial charge in [0.2, 0.25) is 5.91 Å². The quantitative estimate of drug-likeness (QED) is 0.396. The number of thiophene rings is 1. The predicted octanol–water partition coefficient (Wildman–Crippen LogP) is 4.13. The van der Waals surface area contributed by atoms with Crippen molar-refractivity contribution in [3.63, 3.8) is 0 Å². The molecule has 2 amide bonds. The van der Waals surface area contributed by atoms with Gasteiger partial charge in [-0.05, 0) is 43.2 Å². The summed E-state index contributed by atoms with van der Waals surface area (Å²) in [4.78, 5) is 29.9. The van der Waals surface area contributed by atoms with Crippen LogP contribution in [0.25, 0.3) is 6.08 Å². The zero-order chi connectivity index (χ0) is 17.6. The highest BCUT2D eigenvalue weighted by molar-refractivity contribution is 8.26. The van der Waals surface area contributed by atoms with Crippen molar-refractivity contribution in [1.82, 2.24) is 9.80 Å². The van der Waals surface area contributed by atoms with Crippen molar-refractivity contribution in [3.8, 4) is 0 Å². The fourth-order valence-electron chi connectivity index (χ4n) is 3.04. The number of nitrogens with zero attached hydrogens (tertiary/aromatic N) is 2. The zero-order valence-electron chi connectivity index (χ0n) is 14.1. The number of hydrogen-bond acceptors (Lipinski definition) is 5. The first-order valence-electron chi connectivity index (χ1n) is 8.72. The summed E-state index contributed by atoms with van der Waals surface area (Å²) >= 11 is 8.34. The standard InChI is InChI=1S/C18H22N2O2S3/c21-16(19-9-4-5-10-19)8-2-1-3-11-20-17(22)15(25-18(20)23)13-14-7-6-12-24-14/h6-7,12-13H,1-5,8-11H2. The van der Waals surface area contributed by atoms with Crippen LogP contribution in [0.15, 0.2) is 22.4 Å². The summed E-state index contributed by atoms with van der Waals surface area (Å²) in [6.07, 6.45) is 7.52. The van der Waals surface area contributed by atoms with Gasteiger partial charge in [-0.25, -0.2) is 0 Å². The second kappa shape index (κ2) is 8.96. The number of likely N-dealkylation sites (tertiary alicyclic amines) is 1. The molecule has 0 spiro atoms. The molecule has 0 unspecified atom stereocenters. The van der Waals surface area contributed by atoms with Crippen molar-refractivity contribution in [3.05, 3.63) is 27.3 Å². The lowest BCUT2D eigenvalue weighted by Gasteiger charge is -2.16. The number of rotatable bonds is 7. The van der Waals surface area contributed by atoms with Gasteiger partial charge in [-0.2, -0.15) is 0 Å². The first-order chi connectivity index (χ1) is 12.1. The molecular formula is C18H22N2O2S3. The Kier molecular flexibility index (Phi) is 6.67. The summed E-state index contributed by atoms with van der Waals surface area (Å²) in [5.41, 5.74) is 0. The molecule has 7 heteroatoms. The number of amides is 2. The van der Waals surface area contributed by atoms with E-state index in [9.17, 15) is 9.59 Å². The van der Waals surface area contributed by atoms with Crippen molar-refractivity contribution < 1.29 is 9.59 Å². The Hall–Kier alpha value is -1.18. The van der Waals surface area contributed by atoms with Crippen LogP contribution in [0.3, 0.4) is 0 Å². The van der Waals surface area contributed by atoms with Crippen LogP contribution in [-0.4, -0.2) is 45.6 Å². The third kappa shape index (κ3) is 4.92. The molecule has 0 bridgehead atoms. The van der Waals surface area contributed by atoms with Crippen LogP contribution in [0.5, 0.6) is 0 Å². The highest BCUT2D eigenvalue weighted by Gasteiger charge is 2.31. The average Bonchev–Trinajstić information content (AvgIpc) is 3.33. The van der Waals surface area contributed by atoms with E-state index in [1.54, 1.807) is 16.2 Å². The minimum atomic E-state index is 0.0107. The summed E-state index contributed by atoms with van der Waals surface area (Å²) in [7, 11) is 0. The van der Waals surface area contributed by atoms with Crippen molar-refractivity contribution in [2.75, 3.05) is 19.6 Å². The second-order valence-electron chi connectivity index (χ2n) is 6.25.